The number of carbonyl (C=O) groups is 2. The van der Waals surface area contributed by atoms with Gasteiger partial charge in [0.2, 0.25) is 11.8 Å². The molecule has 2 amide bonds. The third-order valence-corrected chi connectivity index (χ3v) is 10.7. The van der Waals surface area contributed by atoms with E-state index in [1.165, 1.54) is 4.90 Å². The summed E-state index contributed by atoms with van der Waals surface area (Å²) in [5.41, 5.74) is 2.98. The zero-order chi connectivity index (χ0) is 32.0. The fourth-order valence-electron chi connectivity index (χ4n) is 5.38. The number of benzene rings is 3. The number of carbonyl (C=O) groups excluding carboxylic acids is 2. The summed E-state index contributed by atoms with van der Waals surface area (Å²) in [7, 11) is -4.14. The number of hydrogen-bond acceptors (Lipinski definition) is 4. The van der Waals surface area contributed by atoms with Crippen molar-refractivity contribution in [1.82, 2.24) is 10.2 Å². The van der Waals surface area contributed by atoms with Crippen molar-refractivity contribution in [3.05, 3.63) is 93.5 Å². The van der Waals surface area contributed by atoms with E-state index < -0.39 is 28.5 Å². The molecule has 3 aromatic rings. The third-order valence-electron chi connectivity index (χ3n) is 8.19. The van der Waals surface area contributed by atoms with Crippen molar-refractivity contribution in [2.75, 3.05) is 10.8 Å². The molecule has 0 aromatic heterocycles. The van der Waals surface area contributed by atoms with Gasteiger partial charge in [-0.05, 0) is 80.1 Å². The molecule has 44 heavy (non-hydrogen) atoms. The topological polar surface area (TPSA) is 86.8 Å². The number of halogens is 2. The molecule has 4 rings (SSSR count). The summed E-state index contributed by atoms with van der Waals surface area (Å²) >= 11 is 12.4. The Morgan fingerprint density at radius 1 is 0.886 bits per heavy atom. The summed E-state index contributed by atoms with van der Waals surface area (Å²) in [4.78, 5) is 29.2. The van der Waals surface area contributed by atoms with Gasteiger partial charge >= 0.3 is 0 Å². The highest BCUT2D eigenvalue weighted by Gasteiger charge is 2.33. The molecule has 3 aromatic carbocycles. The Morgan fingerprint density at radius 3 is 2.11 bits per heavy atom. The lowest BCUT2D eigenvalue weighted by Crippen LogP contribution is -2.53. The number of nitrogens with zero attached hydrogens (tertiary/aromatic N) is 2. The number of nitrogens with one attached hydrogen (secondary N) is 1. The zero-order valence-electron chi connectivity index (χ0n) is 25.7. The van der Waals surface area contributed by atoms with Crippen LogP contribution in [0, 0.1) is 6.92 Å². The standard InChI is InChI=1S/C34H41Cl2N3O4S/c1-23(2)27-13-15-29(16-14-27)39(44(42,43)30-17-10-24(3)11-18-30)22-33(40)38(21-26-12-19-31(35)32(36)20-26)25(4)34(41)37-28-8-6-5-7-9-28/h10-20,23,25,28H,5-9,21-22H2,1-4H3,(H,37,41). The molecule has 0 heterocycles. The minimum absolute atomic E-state index is 0.0414. The molecule has 0 saturated heterocycles. The van der Waals surface area contributed by atoms with Gasteiger partial charge in [0, 0.05) is 12.6 Å². The van der Waals surface area contributed by atoms with Crippen molar-refractivity contribution in [2.24, 2.45) is 0 Å². The smallest absolute Gasteiger partial charge is 0.264 e. The van der Waals surface area contributed by atoms with E-state index in [4.69, 9.17) is 23.2 Å². The second-order valence-electron chi connectivity index (χ2n) is 11.9. The van der Waals surface area contributed by atoms with Gasteiger partial charge in [-0.2, -0.15) is 0 Å². The van der Waals surface area contributed by atoms with Crippen LogP contribution in [0.3, 0.4) is 0 Å². The van der Waals surface area contributed by atoms with Crippen molar-refractivity contribution in [3.63, 3.8) is 0 Å². The van der Waals surface area contributed by atoms with E-state index >= 15 is 0 Å². The molecule has 0 bridgehead atoms. The largest absolute Gasteiger partial charge is 0.352 e. The molecule has 1 N–H and O–H groups in total. The maximum absolute atomic E-state index is 14.2. The molecule has 1 unspecified atom stereocenters. The quantitative estimate of drug-likeness (QED) is 0.231. The van der Waals surface area contributed by atoms with Crippen LogP contribution >= 0.6 is 23.2 Å². The molecule has 0 radical (unpaired) electrons. The Labute approximate surface area is 271 Å². The van der Waals surface area contributed by atoms with Crippen LogP contribution in [0.5, 0.6) is 0 Å². The highest BCUT2D eigenvalue weighted by Crippen LogP contribution is 2.28. The summed E-state index contributed by atoms with van der Waals surface area (Å²) < 4.78 is 29.3. The van der Waals surface area contributed by atoms with Gasteiger partial charge in [0.1, 0.15) is 12.6 Å². The molecular formula is C34H41Cl2N3O4S. The van der Waals surface area contributed by atoms with Crippen molar-refractivity contribution in [2.45, 2.75) is 89.2 Å². The Balaban J connectivity index is 1.70. The summed E-state index contributed by atoms with van der Waals surface area (Å²) in [6.07, 6.45) is 5.04. The van der Waals surface area contributed by atoms with Crippen LogP contribution in [-0.4, -0.2) is 43.8 Å². The van der Waals surface area contributed by atoms with Crippen LogP contribution in [0.2, 0.25) is 10.0 Å². The predicted molar refractivity (Wildman–Crippen MR) is 178 cm³/mol. The SMILES string of the molecule is Cc1ccc(S(=O)(=O)N(CC(=O)N(Cc2ccc(Cl)c(Cl)c2)C(C)C(=O)NC2CCCCC2)c2ccc(C(C)C)cc2)cc1. The fourth-order valence-corrected chi connectivity index (χ4v) is 7.11. The number of anilines is 1. The van der Waals surface area contributed by atoms with E-state index in [2.05, 4.69) is 19.2 Å². The molecule has 1 aliphatic rings. The molecule has 236 valence electrons. The number of amides is 2. The molecular weight excluding hydrogens is 617 g/mol. The van der Waals surface area contributed by atoms with Crippen molar-refractivity contribution < 1.29 is 18.0 Å². The number of sulfonamides is 1. The molecule has 1 saturated carbocycles. The van der Waals surface area contributed by atoms with Gasteiger partial charge in [0.25, 0.3) is 10.0 Å². The molecule has 1 aliphatic carbocycles. The maximum Gasteiger partial charge on any atom is 0.264 e. The summed E-state index contributed by atoms with van der Waals surface area (Å²) in [6.45, 7) is 7.20. The van der Waals surface area contributed by atoms with E-state index in [1.54, 1.807) is 61.5 Å². The normalized spacial score (nSPS) is 14.7. The number of rotatable bonds is 11. The van der Waals surface area contributed by atoms with E-state index in [1.807, 2.05) is 19.1 Å². The van der Waals surface area contributed by atoms with Gasteiger partial charge < -0.3 is 10.2 Å². The van der Waals surface area contributed by atoms with Gasteiger partial charge in [-0.25, -0.2) is 8.42 Å². The Kier molecular flexibility index (Phi) is 11.4. The van der Waals surface area contributed by atoms with Crippen LogP contribution < -0.4 is 9.62 Å². The maximum atomic E-state index is 14.2. The zero-order valence-corrected chi connectivity index (χ0v) is 28.1. The molecule has 0 spiro atoms. The predicted octanol–water partition coefficient (Wildman–Crippen LogP) is 7.49. The van der Waals surface area contributed by atoms with Gasteiger partial charge in [0.15, 0.2) is 0 Å². The summed E-state index contributed by atoms with van der Waals surface area (Å²) in [6, 6.07) is 17.9. The van der Waals surface area contributed by atoms with Gasteiger partial charge in [0.05, 0.1) is 20.6 Å². The lowest BCUT2D eigenvalue weighted by Gasteiger charge is -2.33. The summed E-state index contributed by atoms with van der Waals surface area (Å²) in [5, 5.41) is 3.81. The van der Waals surface area contributed by atoms with E-state index in [9.17, 15) is 18.0 Å². The van der Waals surface area contributed by atoms with Crippen LogP contribution in [0.4, 0.5) is 5.69 Å². The second kappa shape index (κ2) is 14.8. The first-order chi connectivity index (χ1) is 20.9. The van der Waals surface area contributed by atoms with Gasteiger partial charge in [-0.1, -0.05) is 92.2 Å². The summed E-state index contributed by atoms with van der Waals surface area (Å²) in [5.74, 6) is -0.552. The molecule has 10 heteroatoms. The molecule has 7 nitrogen and oxygen atoms in total. The Bertz CT molecular complexity index is 1550. The fraction of sp³-hybridized carbons (Fsp3) is 0.412. The number of aryl methyl sites for hydroxylation is 1. The van der Waals surface area contributed by atoms with E-state index in [-0.39, 0.29) is 29.3 Å². The van der Waals surface area contributed by atoms with Crippen LogP contribution in [0.25, 0.3) is 0 Å². The highest BCUT2D eigenvalue weighted by atomic mass is 35.5. The minimum Gasteiger partial charge on any atom is -0.352 e. The Hall–Kier alpha value is -3.07. The Morgan fingerprint density at radius 2 is 1.52 bits per heavy atom. The first-order valence-corrected chi connectivity index (χ1v) is 17.3. The first kappa shape index (κ1) is 33.8. The lowest BCUT2D eigenvalue weighted by atomic mass is 9.95. The van der Waals surface area contributed by atoms with Crippen LogP contribution in [-0.2, 0) is 26.2 Å². The third kappa shape index (κ3) is 8.34. The van der Waals surface area contributed by atoms with Crippen LogP contribution in [0.15, 0.2) is 71.6 Å². The van der Waals surface area contributed by atoms with Gasteiger partial charge in [-0.15, -0.1) is 0 Å². The lowest BCUT2D eigenvalue weighted by molar-refractivity contribution is -0.139. The average molecular weight is 659 g/mol. The monoisotopic (exact) mass is 657 g/mol. The average Bonchev–Trinajstić information content (AvgIpc) is 3.00. The number of hydrogen-bond donors (Lipinski definition) is 1. The molecule has 0 aliphatic heterocycles. The van der Waals surface area contributed by atoms with Crippen molar-refractivity contribution in [3.8, 4) is 0 Å². The van der Waals surface area contributed by atoms with Gasteiger partial charge in [-0.3, -0.25) is 13.9 Å². The first-order valence-electron chi connectivity index (χ1n) is 15.1. The van der Waals surface area contributed by atoms with Crippen LogP contribution in [0.1, 0.15) is 75.5 Å². The molecule has 1 atom stereocenters. The minimum atomic E-state index is -4.14. The van der Waals surface area contributed by atoms with Crippen molar-refractivity contribution in [1.29, 1.82) is 0 Å². The second-order valence-corrected chi connectivity index (χ2v) is 14.5. The van der Waals surface area contributed by atoms with E-state index in [0.29, 0.717) is 21.3 Å². The molecule has 1 fully saturated rings. The van der Waals surface area contributed by atoms with E-state index in [0.717, 1.165) is 47.5 Å². The van der Waals surface area contributed by atoms with Crippen molar-refractivity contribution >= 4 is 50.7 Å². The highest BCUT2D eigenvalue weighted by molar-refractivity contribution is 7.92.